The second-order valence-electron chi connectivity index (χ2n) is 5.98. The van der Waals surface area contributed by atoms with E-state index < -0.39 is 16.8 Å². The number of esters is 1. The Labute approximate surface area is 140 Å². The van der Waals surface area contributed by atoms with Crippen molar-refractivity contribution in [3.8, 4) is 0 Å². The average molecular weight is 331 g/mol. The largest absolute Gasteiger partial charge is 0.462 e. The fourth-order valence-corrected chi connectivity index (χ4v) is 2.82. The lowest BCUT2D eigenvalue weighted by Gasteiger charge is -2.29. The van der Waals surface area contributed by atoms with Crippen LogP contribution in [0.1, 0.15) is 45.6 Å². The molecule has 0 saturated heterocycles. The van der Waals surface area contributed by atoms with E-state index in [2.05, 4.69) is 10.2 Å². The molecule has 1 aliphatic heterocycles. The van der Waals surface area contributed by atoms with Gasteiger partial charge in [0.2, 0.25) is 0 Å². The Hall–Kier alpha value is -2.57. The molecule has 7 heteroatoms. The van der Waals surface area contributed by atoms with Gasteiger partial charge in [0.1, 0.15) is 5.92 Å². The predicted molar refractivity (Wildman–Crippen MR) is 91.4 cm³/mol. The molecule has 128 valence electrons. The first-order chi connectivity index (χ1) is 11.3. The summed E-state index contributed by atoms with van der Waals surface area (Å²) in [7, 11) is 0. The number of hydrogen-bond acceptors (Lipinski definition) is 6. The Balaban J connectivity index is 2.50. The van der Waals surface area contributed by atoms with Crippen LogP contribution in [0.4, 0.5) is 5.69 Å². The van der Waals surface area contributed by atoms with Gasteiger partial charge in [0.25, 0.3) is 5.69 Å². The van der Waals surface area contributed by atoms with Crippen LogP contribution in [0.2, 0.25) is 0 Å². The summed E-state index contributed by atoms with van der Waals surface area (Å²) in [6.45, 7) is 7.21. The first-order valence-corrected chi connectivity index (χ1v) is 7.90. The Bertz CT molecular complexity index is 710. The van der Waals surface area contributed by atoms with E-state index in [9.17, 15) is 14.9 Å². The quantitative estimate of drug-likeness (QED) is 0.469. The molecule has 0 saturated carbocycles. The number of ether oxygens (including phenoxy) is 1. The zero-order chi connectivity index (χ0) is 17.9. The summed E-state index contributed by atoms with van der Waals surface area (Å²) in [5, 5.41) is 19.4. The zero-order valence-corrected chi connectivity index (χ0v) is 14.2. The molecule has 0 fully saturated rings. The monoisotopic (exact) mass is 331 g/mol. The summed E-state index contributed by atoms with van der Waals surface area (Å²) < 4.78 is 5.37. The van der Waals surface area contributed by atoms with Crippen molar-refractivity contribution < 1.29 is 14.5 Å². The molecule has 2 rings (SSSR count). The van der Waals surface area contributed by atoms with Crippen LogP contribution in [-0.2, 0) is 9.53 Å². The summed E-state index contributed by atoms with van der Waals surface area (Å²) in [6.07, 6.45) is 0.343. The highest BCUT2D eigenvalue weighted by atomic mass is 16.6. The van der Waals surface area contributed by atoms with E-state index in [0.717, 1.165) is 0 Å². The van der Waals surface area contributed by atoms with Gasteiger partial charge in [-0.1, -0.05) is 19.1 Å². The van der Waals surface area contributed by atoms with Gasteiger partial charge in [-0.05, 0) is 32.8 Å². The smallest absolute Gasteiger partial charge is 0.316 e. The second-order valence-corrected chi connectivity index (χ2v) is 5.98. The molecule has 1 heterocycles. The minimum absolute atomic E-state index is 0.0147. The molecule has 0 radical (unpaired) electrons. The lowest BCUT2D eigenvalue weighted by atomic mass is 9.78. The van der Waals surface area contributed by atoms with E-state index in [4.69, 9.17) is 4.74 Å². The molecule has 0 N–H and O–H groups in total. The van der Waals surface area contributed by atoms with Gasteiger partial charge in [0.05, 0.1) is 16.7 Å². The maximum atomic E-state index is 12.6. The lowest BCUT2D eigenvalue weighted by Crippen LogP contribution is -2.37. The molecule has 1 aromatic rings. The number of carbonyl (C=O) groups excluding carboxylic acids is 1. The third kappa shape index (κ3) is 3.67. The van der Waals surface area contributed by atoms with Crippen LogP contribution in [0.3, 0.4) is 0 Å². The molecule has 0 amide bonds. The number of rotatable bonds is 5. The number of non-ortho nitro benzene ring substituents is 1. The normalized spacial score (nSPS) is 20.4. The predicted octanol–water partition coefficient (Wildman–Crippen LogP) is 3.49. The highest BCUT2D eigenvalue weighted by Crippen LogP contribution is 2.34. The number of nitro groups is 1. The number of hydrogen-bond donors (Lipinski definition) is 0. The summed E-state index contributed by atoms with van der Waals surface area (Å²) in [6, 6.07) is 6.31. The van der Waals surface area contributed by atoms with E-state index in [-0.39, 0.29) is 17.8 Å². The topological polar surface area (TPSA) is 94.2 Å². The van der Waals surface area contributed by atoms with Crippen molar-refractivity contribution >= 4 is 23.1 Å². The molecule has 0 spiro atoms. The average Bonchev–Trinajstić information content (AvgIpc) is 2.53. The first-order valence-electron chi connectivity index (χ1n) is 7.90. The SMILES string of the molecule is CCC1=NN=C(C)C(C(=O)OC(C)C)C1c1cccc([N+](=O)[O-])c1. The van der Waals surface area contributed by atoms with Gasteiger partial charge >= 0.3 is 5.97 Å². The highest BCUT2D eigenvalue weighted by Gasteiger charge is 2.39. The molecule has 0 aromatic heterocycles. The van der Waals surface area contributed by atoms with Crippen LogP contribution in [0.5, 0.6) is 0 Å². The standard InChI is InChI=1S/C17H21N3O4/c1-5-14-16(12-7-6-8-13(9-12)20(22)23)15(11(4)18-19-14)17(21)24-10(2)3/h6-10,15-16H,5H2,1-4H3. The summed E-state index contributed by atoms with van der Waals surface area (Å²) in [5.41, 5.74) is 1.92. The van der Waals surface area contributed by atoms with Crippen molar-refractivity contribution in [2.45, 2.75) is 46.1 Å². The maximum Gasteiger partial charge on any atom is 0.316 e. The number of nitrogens with zero attached hydrogens (tertiary/aromatic N) is 3. The zero-order valence-electron chi connectivity index (χ0n) is 14.2. The molecular weight excluding hydrogens is 310 g/mol. The molecule has 7 nitrogen and oxygen atoms in total. The molecular formula is C17H21N3O4. The first kappa shape index (κ1) is 17.8. The van der Waals surface area contributed by atoms with Crippen molar-refractivity contribution in [2.24, 2.45) is 16.1 Å². The summed E-state index contributed by atoms with van der Waals surface area (Å²) in [4.78, 5) is 23.2. The van der Waals surface area contributed by atoms with Gasteiger partial charge in [-0.3, -0.25) is 14.9 Å². The van der Waals surface area contributed by atoms with Crippen LogP contribution >= 0.6 is 0 Å². The lowest BCUT2D eigenvalue weighted by molar-refractivity contribution is -0.384. The van der Waals surface area contributed by atoms with E-state index in [1.54, 1.807) is 32.9 Å². The van der Waals surface area contributed by atoms with E-state index in [1.165, 1.54) is 12.1 Å². The van der Waals surface area contributed by atoms with Crippen LogP contribution in [0.25, 0.3) is 0 Å². The summed E-state index contributed by atoms with van der Waals surface area (Å²) in [5.74, 6) is -1.41. The third-order valence-corrected chi connectivity index (χ3v) is 3.89. The van der Waals surface area contributed by atoms with Gasteiger partial charge in [-0.25, -0.2) is 0 Å². The minimum atomic E-state index is -0.623. The molecule has 0 bridgehead atoms. The summed E-state index contributed by atoms with van der Waals surface area (Å²) >= 11 is 0. The fraction of sp³-hybridized carbons (Fsp3) is 0.471. The van der Waals surface area contributed by atoms with E-state index in [1.807, 2.05) is 6.92 Å². The van der Waals surface area contributed by atoms with Crippen molar-refractivity contribution in [1.29, 1.82) is 0 Å². The minimum Gasteiger partial charge on any atom is -0.462 e. The maximum absolute atomic E-state index is 12.6. The van der Waals surface area contributed by atoms with Crippen LogP contribution in [-0.4, -0.2) is 28.4 Å². The Morgan fingerprint density at radius 3 is 2.67 bits per heavy atom. The van der Waals surface area contributed by atoms with Crippen molar-refractivity contribution in [3.05, 3.63) is 39.9 Å². The fourth-order valence-electron chi connectivity index (χ4n) is 2.82. The van der Waals surface area contributed by atoms with Crippen molar-refractivity contribution in [2.75, 3.05) is 0 Å². The number of nitro benzene ring substituents is 1. The third-order valence-electron chi connectivity index (χ3n) is 3.89. The van der Waals surface area contributed by atoms with Gasteiger partial charge < -0.3 is 4.74 Å². The molecule has 1 aliphatic rings. The van der Waals surface area contributed by atoms with Crippen LogP contribution < -0.4 is 0 Å². The van der Waals surface area contributed by atoms with Crippen molar-refractivity contribution in [3.63, 3.8) is 0 Å². The van der Waals surface area contributed by atoms with Crippen LogP contribution in [0.15, 0.2) is 34.5 Å². The van der Waals surface area contributed by atoms with E-state index in [0.29, 0.717) is 23.4 Å². The van der Waals surface area contributed by atoms with Gasteiger partial charge in [-0.15, -0.1) is 0 Å². The second kappa shape index (κ2) is 7.33. The molecule has 2 unspecified atom stereocenters. The molecule has 24 heavy (non-hydrogen) atoms. The molecule has 1 aromatic carbocycles. The Morgan fingerprint density at radius 1 is 1.38 bits per heavy atom. The number of carbonyl (C=O) groups is 1. The van der Waals surface area contributed by atoms with Gasteiger partial charge in [0.15, 0.2) is 0 Å². The Kier molecular flexibility index (Phi) is 5.43. The van der Waals surface area contributed by atoms with Crippen LogP contribution in [0, 0.1) is 16.0 Å². The highest BCUT2D eigenvalue weighted by molar-refractivity contribution is 6.10. The van der Waals surface area contributed by atoms with Crippen molar-refractivity contribution in [1.82, 2.24) is 0 Å². The van der Waals surface area contributed by atoms with Gasteiger partial charge in [0, 0.05) is 23.8 Å². The molecule has 2 atom stereocenters. The Morgan fingerprint density at radius 2 is 2.08 bits per heavy atom. The van der Waals surface area contributed by atoms with E-state index >= 15 is 0 Å². The number of benzene rings is 1. The molecule has 0 aliphatic carbocycles. The van der Waals surface area contributed by atoms with Gasteiger partial charge in [-0.2, -0.15) is 10.2 Å².